The predicted molar refractivity (Wildman–Crippen MR) is 78.8 cm³/mol. The highest BCUT2D eigenvalue weighted by Crippen LogP contribution is 2.25. The normalized spacial score (nSPS) is 11.8. The van der Waals surface area contributed by atoms with Crippen LogP contribution in [0.15, 0.2) is 40.2 Å². The number of nitrogens with two attached hydrogens (primary N) is 1. The van der Waals surface area contributed by atoms with Gasteiger partial charge in [0, 0.05) is 18.1 Å². The fourth-order valence-corrected chi connectivity index (χ4v) is 2.12. The van der Waals surface area contributed by atoms with Gasteiger partial charge in [0.05, 0.1) is 11.3 Å². The van der Waals surface area contributed by atoms with Crippen molar-refractivity contribution < 1.29 is 9.62 Å². The highest BCUT2D eigenvalue weighted by molar-refractivity contribution is 5.98. The van der Waals surface area contributed by atoms with Gasteiger partial charge in [-0.15, -0.1) is 0 Å². The summed E-state index contributed by atoms with van der Waals surface area (Å²) in [6.45, 7) is 3.74. The molecule has 3 aromatic heterocycles. The average molecular weight is 298 g/mol. The smallest absolute Gasteiger partial charge is 0.252 e. The second kappa shape index (κ2) is 5.32. The molecular weight excluding hydrogens is 284 g/mol. The van der Waals surface area contributed by atoms with Crippen LogP contribution in [0.1, 0.15) is 17.1 Å². The van der Waals surface area contributed by atoms with E-state index in [9.17, 15) is 0 Å². The number of amidine groups is 1. The van der Waals surface area contributed by atoms with Crippen molar-refractivity contribution >= 4 is 5.84 Å². The third-order valence-corrected chi connectivity index (χ3v) is 3.07. The summed E-state index contributed by atoms with van der Waals surface area (Å²) in [5.41, 5.74) is 8.27. The summed E-state index contributed by atoms with van der Waals surface area (Å²) in [7, 11) is 0. The lowest BCUT2D eigenvalue weighted by atomic mass is 10.3. The Morgan fingerprint density at radius 3 is 2.82 bits per heavy atom. The molecule has 0 saturated carbocycles. The number of pyridine rings is 1. The van der Waals surface area contributed by atoms with Gasteiger partial charge < -0.3 is 15.4 Å². The molecule has 0 unspecified atom stereocenters. The summed E-state index contributed by atoms with van der Waals surface area (Å²) in [5.74, 6) is 0.457. The number of rotatable bonds is 3. The Bertz CT molecular complexity index is 834. The highest BCUT2D eigenvalue weighted by Gasteiger charge is 2.21. The first-order valence-corrected chi connectivity index (χ1v) is 6.53. The number of nitrogens with zero attached hydrogens (tertiary/aromatic N) is 5. The minimum atomic E-state index is -0.151. The maximum atomic E-state index is 8.95. The van der Waals surface area contributed by atoms with Crippen molar-refractivity contribution in [3.05, 3.63) is 47.7 Å². The lowest BCUT2D eigenvalue weighted by molar-refractivity contribution is 0.318. The third-order valence-electron chi connectivity index (χ3n) is 3.07. The van der Waals surface area contributed by atoms with Gasteiger partial charge in [0.1, 0.15) is 0 Å². The van der Waals surface area contributed by atoms with E-state index in [0.29, 0.717) is 17.3 Å². The van der Waals surface area contributed by atoms with Crippen LogP contribution >= 0.6 is 0 Å². The number of aryl methyl sites for hydroxylation is 2. The summed E-state index contributed by atoms with van der Waals surface area (Å²) in [5, 5.41) is 16.3. The van der Waals surface area contributed by atoms with Crippen LogP contribution in [0.5, 0.6) is 0 Å². The molecule has 0 atom stereocenters. The molecule has 0 bridgehead atoms. The molecular formula is C14H14N6O2. The Hall–Kier alpha value is -3.16. The highest BCUT2D eigenvalue weighted by atomic mass is 16.4. The van der Waals surface area contributed by atoms with Crippen LogP contribution in [0.3, 0.4) is 0 Å². The van der Waals surface area contributed by atoms with E-state index in [1.807, 2.05) is 19.9 Å². The van der Waals surface area contributed by atoms with Crippen LogP contribution in [0.25, 0.3) is 17.3 Å². The molecule has 0 saturated heterocycles. The predicted octanol–water partition coefficient (Wildman–Crippen LogP) is 1.63. The van der Waals surface area contributed by atoms with Gasteiger partial charge >= 0.3 is 0 Å². The molecule has 3 aromatic rings. The molecule has 0 aromatic carbocycles. The van der Waals surface area contributed by atoms with Crippen LogP contribution in [0, 0.1) is 13.8 Å². The SMILES string of the molecule is Cc1cc(C)n(-c2oc(-c3cccnc3)nc2/C(N)=N/O)n1. The topological polar surface area (TPSA) is 115 Å². The molecule has 0 radical (unpaired) electrons. The van der Waals surface area contributed by atoms with E-state index >= 15 is 0 Å². The van der Waals surface area contributed by atoms with E-state index in [1.165, 1.54) is 0 Å². The summed E-state index contributed by atoms with van der Waals surface area (Å²) in [6.07, 6.45) is 3.27. The Balaban J connectivity index is 2.20. The average Bonchev–Trinajstić information content (AvgIpc) is 3.10. The van der Waals surface area contributed by atoms with Gasteiger partial charge in [0.15, 0.2) is 11.5 Å². The molecule has 0 amide bonds. The van der Waals surface area contributed by atoms with Gasteiger partial charge in [-0.1, -0.05) is 5.16 Å². The lowest BCUT2D eigenvalue weighted by Crippen LogP contribution is -2.17. The van der Waals surface area contributed by atoms with Gasteiger partial charge in [-0.25, -0.2) is 9.67 Å². The van der Waals surface area contributed by atoms with Gasteiger partial charge in [-0.05, 0) is 32.0 Å². The Labute approximate surface area is 125 Å². The first kappa shape index (κ1) is 13.8. The lowest BCUT2D eigenvalue weighted by Gasteiger charge is -2.01. The van der Waals surface area contributed by atoms with E-state index in [4.69, 9.17) is 15.4 Å². The molecule has 3 N–H and O–H groups in total. The molecule has 0 aliphatic rings. The molecule has 8 nitrogen and oxygen atoms in total. The van der Waals surface area contributed by atoms with Crippen molar-refractivity contribution in [2.24, 2.45) is 10.9 Å². The van der Waals surface area contributed by atoms with E-state index in [1.54, 1.807) is 29.2 Å². The van der Waals surface area contributed by atoms with E-state index in [-0.39, 0.29) is 11.5 Å². The fraction of sp³-hybridized carbons (Fsp3) is 0.143. The Morgan fingerprint density at radius 1 is 1.41 bits per heavy atom. The van der Waals surface area contributed by atoms with Crippen LogP contribution in [-0.4, -0.2) is 30.8 Å². The van der Waals surface area contributed by atoms with Crippen molar-refractivity contribution in [1.29, 1.82) is 0 Å². The van der Waals surface area contributed by atoms with Crippen LogP contribution in [0.2, 0.25) is 0 Å². The number of oxazole rings is 1. The monoisotopic (exact) mass is 298 g/mol. The molecule has 0 fully saturated rings. The quantitative estimate of drug-likeness (QED) is 0.328. The summed E-state index contributed by atoms with van der Waals surface area (Å²) in [4.78, 5) is 8.32. The van der Waals surface area contributed by atoms with Gasteiger partial charge in [-0.3, -0.25) is 4.98 Å². The van der Waals surface area contributed by atoms with Crippen LogP contribution in [-0.2, 0) is 0 Å². The van der Waals surface area contributed by atoms with Crippen molar-refractivity contribution in [3.8, 4) is 17.3 Å². The van der Waals surface area contributed by atoms with Gasteiger partial charge in [0.25, 0.3) is 5.88 Å². The summed E-state index contributed by atoms with van der Waals surface area (Å²) < 4.78 is 7.35. The van der Waals surface area contributed by atoms with Crippen molar-refractivity contribution in [2.75, 3.05) is 0 Å². The maximum Gasteiger partial charge on any atom is 0.252 e. The van der Waals surface area contributed by atoms with Crippen molar-refractivity contribution in [1.82, 2.24) is 19.7 Å². The molecule has 112 valence electrons. The molecule has 0 aliphatic heterocycles. The van der Waals surface area contributed by atoms with Crippen LogP contribution < -0.4 is 5.73 Å². The summed E-state index contributed by atoms with van der Waals surface area (Å²) >= 11 is 0. The fourth-order valence-electron chi connectivity index (χ4n) is 2.12. The number of aromatic nitrogens is 4. The minimum Gasteiger partial charge on any atom is -0.417 e. The largest absolute Gasteiger partial charge is 0.417 e. The molecule has 0 aliphatic carbocycles. The first-order valence-electron chi connectivity index (χ1n) is 6.53. The molecule has 3 heterocycles. The second-order valence-corrected chi connectivity index (χ2v) is 4.74. The molecule has 3 rings (SSSR count). The van der Waals surface area contributed by atoms with Crippen LogP contribution in [0.4, 0.5) is 0 Å². The van der Waals surface area contributed by atoms with E-state index < -0.39 is 0 Å². The first-order chi connectivity index (χ1) is 10.6. The van der Waals surface area contributed by atoms with E-state index in [2.05, 4.69) is 20.2 Å². The number of oxime groups is 1. The zero-order valence-electron chi connectivity index (χ0n) is 12.1. The minimum absolute atomic E-state index is 0.151. The van der Waals surface area contributed by atoms with Gasteiger partial charge in [0.2, 0.25) is 5.89 Å². The third kappa shape index (κ3) is 2.30. The Morgan fingerprint density at radius 2 is 2.23 bits per heavy atom. The van der Waals surface area contributed by atoms with E-state index in [0.717, 1.165) is 11.4 Å². The zero-order chi connectivity index (χ0) is 15.7. The van der Waals surface area contributed by atoms with Gasteiger partial charge in [-0.2, -0.15) is 5.10 Å². The Kier molecular flexibility index (Phi) is 3.34. The number of hydrogen-bond donors (Lipinski definition) is 2. The standard InChI is InChI=1S/C14H14N6O2/c1-8-6-9(2)20(18-8)14-11(12(15)19-21)17-13(22-14)10-4-3-5-16-7-10/h3-7,21H,1-2H3,(H2,15,19). The molecule has 8 heteroatoms. The number of hydrogen-bond acceptors (Lipinski definition) is 6. The van der Waals surface area contributed by atoms with Crippen molar-refractivity contribution in [3.63, 3.8) is 0 Å². The maximum absolute atomic E-state index is 8.95. The van der Waals surface area contributed by atoms with Crippen molar-refractivity contribution in [2.45, 2.75) is 13.8 Å². The summed E-state index contributed by atoms with van der Waals surface area (Å²) in [6, 6.07) is 5.47. The zero-order valence-corrected chi connectivity index (χ0v) is 12.1. The second-order valence-electron chi connectivity index (χ2n) is 4.74. The molecule has 0 spiro atoms. The molecule has 22 heavy (non-hydrogen) atoms.